The SMILES string of the molecule is O=C1NC(=S)N(c2ccc(Br)cc2)C(=O)C1=Cc1cc(-c2ccccc2)n(-c2ccc([N+](=O)[O-])cc2)c1-c1ccccc1. The van der Waals surface area contributed by atoms with Gasteiger partial charge >= 0.3 is 0 Å². The first-order valence-corrected chi connectivity index (χ1v) is 14.3. The van der Waals surface area contributed by atoms with Crippen molar-refractivity contribution >= 4 is 62.5 Å². The van der Waals surface area contributed by atoms with Crippen molar-refractivity contribution in [2.75, 3.05) is 4.90 Å². The van der Waals surface area contributed by atoms with Crippen LogP contribution in [0.2, 0.25) is 0 Å². The summed E-state index contributed by atoms with van der Waals surface area (Å²) in [6, 6.07) is 34.4. The fourth-order valence-corrected chi connectivity index (χ4v) is 5.53. The van der Waals surface area contributed by atoms with Gasteiger partial charge in [0.05, 0.1) is 22.0 Å². The number of carbonyl (C=O) groups is 2. The van der Waals surface area contributed by atoms with E-state index in [1.807, 2.05) is 71.3 Å². The van der Waals surface area contributed by atoms with E-state index in [9.17, 15) is 19.7 Å². The molecule has 1 saturated heterocycles. The fraction of sp³-hybridized carbons (Fsp3) is 0. The molecule has 0 unspecified atom stereocenters. The number of hydrogen-bond acceptors (Lipinski definition) is 5. The van der Waals surface area contributed by atoms with Crippen molar-refractivity contribution in [1.29, 1.82) is 0 Å². The maximum atomic E-state index is 13.8. The van der Waals surface area contributed by atoms with Crippen LogP contribution >= 0.6 is 28.1 Å². The number of hydrogen-bond donors (Lipinski definition) is 1. The molecular weight excluding hydrogens is 628 g/mol. The zero-order valence-electron chi connectivity index (χ0n) is 22.3. The molecule has 1 aliphatic heterocycles. The van der Waals surface area contributed by atoms with Gasteiger partial charge in [0.25, 0.3) is 17.5 Å². The molecule has 0 atom stereocenters. The molecule has 4 aromatic carbocycles. The van der Waals surface area contributed by atoms with Crippen LogP contribution < -0.4 is 10.2 Å². The Morgan fingerprint density at radius 2 is 1.37 bits per heavy atom. The monoisotopic (exact) mass is 648 g/mol. The van der Waals surface area contributed by atoms with Gasteiger partial charge in [-0.05, 0) is 71.9 Å². The first-order chi connectivity index (χ1) is 20.8. The number of thiocarbonyl (C=S) groups is 1. The standard InChI is InChI=1S/C33H21BrN4O4S/c34-24-11-13-26(14-12-24)37-32(40)28(31(39)35-33(37)43)19-23-20-29(21-7-3-1-4-8-21)36(30(23)22-9-5-2-6-10-22)25-15-17-27(18-16-25)38(41)42/h1-20H,(H,35,39,43). The van der Waals surface area contributed by atoms with E-state index in [-0.39, 0.29) is 16.4 Å². The summed E-state index contributed by atoms with van der Waals surface area (Å²) in [5, 5.41) is 14.0. The Hall–Kier alpha value is -5.19. The van der Waals surface area contributed by atoms with Crippen molar-refractivity contribution < 1.29 is 14.5 Å². The Labute approximate surface area is 260 Å². The fourth-order valence-electron chi connectivity index (χ4n) is 4.98. The molecule has 1 N–H and O–H groups in total. The van der Waals surface area contributed by atoms with E-state index in [0.717, 1.165) is 21.3 Å². The lowest BCUT2D eigenvalue weighted by molar-refractivity contribution is -0.384. The third kappa shape index (κ3) is 5.41. The second-order valence-corrected chi connectivity index (χ2v) is 10.9. The highest BCUT2D eigenvalue weighted by Gasteiger charge is 2.35. The number of nitro groups is 1. The third-order valence-corrected chi connectivity index (χ3v) is 7.77. The van der Waals surface area contributed by atoms with Gasteiger partial charge in [0.15, 0.2) is 5.11 Å². The van der Waals surface area contributed by atoms with E-state index in [1.165, 1.54) is 17.0 Å². The van der Waals surface area contributed by atoms with Crippen LogP contribution in [0.3, 0.4) is 0 Å². The molecule has 10 heteroatoms. The second kappa shape index (κ2) is 11.6. The van der Waals surface area contributed by atoms with Crippen LogP contribution in [-0.2, 0) is 9.59 Å². The average Bonchev–Trinajstić information content (AvgIpc) is 3.40. The number of aromatic nitrogens is 1. The zero-order chi connectivity index (χ0) is 30.1. The predicted octanol–water partition coefficient (Wildman–Crippen LogP) is 7.31. The minimum Gasteiger partial charge on any atom is -0.309 e. The number of nitrogens with one attached hydrogen (secondary N) is 1. The van der Waals surface area contributed by atoms with Crippen molar-refractivity contribution in [2.45, 2.75) is 0 Å². The van der Waals surface area contributed by atoms with Crippen molar-refractivity contribution in [2.24, 2.45) is 0 Å². The highest BCUT2D eigenvalue weighted by molar-refractivity contribution is 9.10. The smallest absolute Gasteiger partial charge is 0.270 e. The number of carbonyl (C=O) groups excluding carboxylic acids is 2. The lowest BCUT2D eigenvalue weighted by atomic mass is 10.0. The summed E-state index contributed by atoms with van der Waals surface area (Å²) in [4.78, 5) is 39.3. The predicted molar refractivity (Wildman–Crippen MR) is 174 cm³/mol. The van der Waals surface area contributed by atoms with Gasteiger partial charge in [-0.3, -0.25) is 29.9 Å². The molecule has 0 saturated carbocycles. The number of nitrogens with zero attached hydrogens (tertiary/aromatic N) is 3. The first kappa shape index (κ1) is 28.0. The van der Waals surface area contributed by atoms with E-state index >= 15 is 0 Å². The van der Waals surface area contributed by atoms with Gasteiger partial charge in [-0.15, -0.1) is 0 Å². The first-order valence-electron chi connectivity index (χ1n) is 13.1. The highest BCUT2D eigenvalue weighted by Crippen LogP contribution is 2.38. The zero-order valence-corrected chi connectivity index (χ0v) is 24.7. The second-order valence-electron chi connectivity index (χ2n) is 9.61. The van der Waals surface area contributed by atoms with Gasteiger partial charge in [-0.2, -0.15) is 0 Å². The minimum absolute atomic E-state index is 0.00817. The van der Waals surface area contributed by atoms with Crippen molar-refractivity contribution in [3.63, 3.8) is 0 Å². The Morgan fingerprint density at radius 1 is 0.791 bits per heavy atom. The largest absolute Gasteiger partial charge is 0.309 e. The molecule has 1 aromatic heterocycles. The summed E-state index contributed by atoms with van der Waals surface area (Å²) in [7, 11) is 0. The number of benzene rings is 4. The summed E-state index contributed by atoms with van der Waals surface area (Å²) in [5.41, 5.74) is 4.83. The molecule has 0 radical (unpaired) electrons. The Bertz CT molecular complexity index is 1920. The Balaban J connectivity index is 1.59. The van der Waals surface area contributed by atoms with Crippen LogP contribution in [0.5, 0.6) is 0 Å². The number of non-ortho nitro benzene ring substituents is 1. The van der Waals surface area contributed by atoms with E-state index in [2.05, 4.69) is 21.2 Å². The molecule has 2 heterocycles. The van der Waals surface area contributed by atoms with Gasteiger partial charge in [-0.1, -0.05) is 76.6 Å². The minimum atomic E-state index is -0.605. The maximum Gasteiger partial charge on any atom is 0.270 e. The molecule has 8 nitrogen and oxygen atoms in total. The molecule has 2 amide bonds. The van der Waals surface area contributed by atoms with E-state index < -0.39 is 16.7 Å². The molecule has 1 fully saturated rings. The molecule has 0 aliphatic carbocycles. The van der Waals surface area contributed by atoms with Gasteiger partial charge < -0.3 is 4.57 Å². The number of anilines is 1. The summed E-state index contributed by atoms with van der Waals surface area (Å²) in [5.74, 6) is -1.16. The quantitative estimate of drug-likeness (QED) is 0.0684. The molecule has 0 spiro atoms. The summed E-state index contributed by atoms with van der Waals surface area (Å²) in [6.07, 6.45) is 1.57. The van der Waals surface area contributed by atoms with Crippen LogP contribution in [0.4, 0.5) is 11.4 Å². The number of amides is 2. The third-order valence-electron chi connectivity index (χ3n) is 6.95. The lowest BCUT2D eigenvalue weighted by Crippen LogP contribution is -2.54. The number of rotatable bonds is 6. The molecular formula is C33H21BrN4O4S. The molecule has 5 aromatic rings. The Morgan fingerprint density at radius 3 is 1.98 bits per heavy atom. The molecule has 6 rings (SSSR count). The maximum absolute atomic E-state index is 13.8. The average molecular weight is 650 g/mol. The van der Waals surface area contributed by atoms with E-state index in [0.29, 0.717) is 22.6 Å². The van der Waals surface area contributed by atoms with E-state index in [1.54, 1.807) is 42.5 Å². The summed E-state index contributed by atoms with van der Waals surface area (Å²) in [6.45, 7) is 0. The molecule has 43 heavy (non-hydrogen) atoms. The van der Waals surface area contributed by atoms with Crippen LogP contribution in [0.1, 0.15) is 5.56 Å². The number of nitro benzene ring substituents is 1. The van der Waals surface area contributed by atoms with Gasteiger partial charge in [0, 0.05) is 27.9 Å². The molecule has 1 aliphatic rings. The van der Waals surface area contributed by atoms with Gasteiger partial charge in [0.1, 0.15) is 5.57 Å². The van der Waals surface area contributed by atoms with Crippen molar-refractivity contribution in [3.8, 4) is 28.2 Å². The Kier molecular flexibility index (Phi) is 7.54. The van der Waals surface area contributed by atoms with Crippen LogP contribution in [0.15, 0.2) is 125 Å². The van der Waals surface area contributed by atoms with Crippen LogP contribution in [0.25, 0.3) is 34.3 Å². The summed E-state index contributed by atoms with van der Waals surface area (Å²) >= 11 is 8.78. The van der Waals surface area contributed by atoms with Crippen molar-refractivity contribution in [3.05, 3.63) is 141 Å². The van der Waals surface area contributed by atoms with Crippen LogP contribution in [0, 0.1) is 10.1 Å². The molecule has 210 valence electrons. The van der Waals surface area contributed by atoms with Gasteiger partial charge in [0.2, 0.25) is 0 Å². The lowest BCUT2D eigenvalue weighted by Gasteiger charge is -2.29. The normalized spacial score (nSPS) is 14.2. The number of halogens is 1. The van der Waals surface area contributed by atoms with Gasteiger partial charge in [-0.25, -0.2) is 0 Å². The highest BCUT2D eigenvalue weighted by atomic mass is 79.9. The molecule has 0 bridgehead atoms. The van der Waals surface area contributed by atoms with Crippen LogP contribution in [-0.4, -0.2) is 26.4 Å². The van der Waals surface area contributed by atoms with E-state index in [4.69, 9.17) is 12.2 Å². The summed E-state index contributed by atoms with van der Waals surface area (Å²) < 4.78 is 2.81. The topological polar surface area (TPSA) is 97.5 Å². The van der Waals surface area contributed by atoms with Crippen molar-refractivity contribution in [1.82, 2.24) is 9.88 Å².